The summed E-state index contributed by atoms with van der Waals surface area (Å²) >= 11 is 6.25. The number of benzene rings is 3. The molecule has 1 N–H and O–H groups in total. The van der Waals surface area contributed by atoms with E-state index in [0.29, 0.717) is 5.75 Å². The molecule has 3 aromatic carbocycles. The predicted molar refractivity (Wildman–Crippen MR) is 143 cm³/mol. The van der Waals surface area contributed by atoms with Gasteiger partial charge in [0, 0.05) is 0 Å². The lowest BCUT2D eigenvalue weighted by Gasteiger charge is -2.25. The largest absolute Gasteiger partial charge is 0.495 e. The highest BCUT2D eigenvalue weighted by Gasteiger charge is 2.27. The molecule has 9 heteroatoms. The van der Waals surface area contributed by atoms with Gasteiger partial charge in [0.05, 0.1) is 29.3 Å². The molecule has 0 unspecified atom stereocenters. The van der Waals surface area contributed by atoms with Crippen molar-refractivity contribution in [3.05, 3.63) is 83.4 Å². The molecule has 0 atom stereocenters. The number of hydrogen-bond donors (Lipinski definition) is 1. The van der Waals surface area contributed by atoms with Crippen molar-refractivity contribution >= 4 is 33.2 Å². The lowest BCUT2D eigenvalue weighted by molar-refractivity contribution is -0.119. The van der Waals surface area contributed by atoms with Gasteiger partial charge in [-0.05, 0) is 47.4 Å². The third-order valence-electron chi connectivity index (χ3n) is 5.42. The zero-order valence-corrected chi connectivity index (χ0v) is 22.4. The van der Waals surface area contributed by atoms with Crippen molar-refractivity contribution in [2.45, 2.75) is 31.1 Å². The number of ether oxygens (including phenoxy) is 2. The normalized spacial score (nSPS) is 11.6. The SMILES string of the molecule is COc1ccc(N(CC(=O)NCCOc2ccccc2C(C)(C)C)S(=O)(=O)c2ccccc2)cc1Cl. The first-order valence-electron chi connectivity index (χ1n) is 11.4. The van der Waals surface area contributed by atoms with Crippen molar-refractivity contribution in [1.29, 1.82) is 0 Å². The number of carbonyl (C=O) groups is 1. The fourth-order valence-corrected chi connectivity index (χ4v) is 5.28. The van der Waals surface area contributed by atoms with Crippen molar-refractivity contribution < 1.29 is 22.7 Å². The number of halogens is 1. The summed E-state index contributed by atoms with van der Waals surface area (Å²) in [4.78, 5) is 12.9. The lowest BCUT2D eigenvalue weighted by atomic mass is 9.86. The maximum absolute atomic E-state index is 13.4. The lowest BCUT2D eigenvalue weighted by Crippen LogP contribution is -2.42. The Kier molecular flexibility index (Phi) is 8.87. The molecule has 0 heterocycles. The summed E-state index contributed by atoms with van der Waals surface area (Å²) in [5, 5.41) is 2.98. The van der Waals surface area contributed by atoms with E-state index in [1.54, 1.807) is 30.3 Å². The van der Waals surface area contributed by atoms with Crippen molar-refractivity contribution in [2.24, 2.45) is 0 Å². The number of para-hydroxylation sites is 1. The highest BCUT2D eigenvalue weighted by Crippen LogP contribution is 2.32. The highest BCUT2D eigenvalue weighted by molar-refractivity contribution is 7.92. The van der Waals surface area contributed by atoms with Crippen molar-refractivity contribution in [2.75, 3.05) is 31.1 Å². The highest BCUT2D eigenvalue weighted by atomic mass is 35.5. The van der Waals surface area contributed by atoms with Crippen molar-refractivity contribution in [3.63, 3.8) is 0 Å². The van der Waals surface area contributed by atoms with Gasteiger partial charge in [-0.1, -0.05) is 68.8 Å². The van der Waals surface area contributed by atoms with Crippen LogP contribution in [0, 0.1) is 0 Å². The van der Waals surface area contributed by atoms with Crippen LogP contribution in [0.4, 0.5) is 5.69 Å². The molecular formula is C27H31ClN2O5S. The number of nitrogens with one attached hydrogen (secondary N) is 1. The molecule has 0 spiro atoms. The number of hydrogen-bond acceptors (Lipinski definition) is 5. The number of methoxy groups -OCH3 is 1. The number of amides is 1. The van der Waals surface area contributed by atoms with E-state index >= 15 is 0 Å². The maximum atomic E-state index is 13.4. The zero-order chi connectivity index (χ0) is 26.3. The van der Waals surface area contributed by atoms with E-state index in [0.717, 1.165) is 15.6 Å². The number of sulfonamides is 1. The van der Waals surface area contributed by atoms with Crippen LogP contribution in [-0.2, 0) is 20.2 Å². The van der Waals surface area contributed by atoms with Gasteiger partial charge in [0.2, 0.25) is 5.91 Å². The van der Waals surface area contributed by atoms with Crippen LogP contribution in [-0.4, -0.2) is 41.1 Å². The fraction of sp³-hybridized carbons (Fsp3) is 0.296. The molecule has 1 amide bonds. The Balaban J connectivity index is 1.73. The third kappa shape index (κ3) is 6.71. The van der Waals surface area contributed by atoms with Crippen LogP contribution in [0.2, 0.25) is 5.02 Å². The summed E-state index contributed by atoms with van der Waals surface area (Å²) in [6.07, 6.45) is 0. The molecule has 7 nitrogen and oxygen atoms in total. The van der Waals surface area contributed by atoms with E-state index in [4.69, 9.17) is 21.1 Å². The minimum atomic E-state index is -4.04. The summed E-state index contributed by atoms with van der Waals surface area (Å²) in [5.41, 5.74) is 1.22. The first kappa shape index (κ1) is 27.4. The molecular weight excluding hydrogens is 500 g/mol. The van der Waals surface area contributed by atoms with Crippen LogP contribution in [0.15, 0.2) is 77.7 Å². The van der Waals surface area contributed by atoms with E-state index in [1.165, 1.54) is 25.3 Å². The Bertz CT molecular complexity index is 1290. The summed E-state index contributed by atoms with van der Waals surface area (Å²) in [6.45, 7) is 6.31. The zero-order valence-electron chi connectivity index (χ0n) is 20.8. The van der Waals surface area contributed by atoms with Crippen LogP contribution in [0.25, 0.3) is 0 Å². The standard InChI is InChI=1S/C27H31ClN2O5S/c1-27(2,3)22-12-8-9-13-24(22)35-17-16-29-26(31)19-30(20-14-15-25(34-4)23(28)18-20)36(32,33)21-10-6-5-7-11-21/h5-15,18H,16-17,19H2,1-4H3,(H,29,31). The Hall–Kier alpha value is -3.23. The first-order chi connectivity index (χ1) is 17.0. The average molecular weight is 531 g/mol. The second kappa shape index (κ2) is 11.7. The van der Waals surface area contributed by atoms with Gasteiger partial charge >= 0.3 is 0 Å². The van der Waals surface area contributed by atoms with E-state index in [2.05, 4.69) is 26.1 Å². The minimum Gasteiger partial charge on any atom is -0.495 e. The Morgan fingerprint density at radius 1 is 0.972 bits per heavy atom. The number of nitrogens with zero attached hydrogens (tertiary/aromatic N) is 1. The van der Waals surface area contributed by atoms with Gasteiger partial charge < -0.3 is 14.8 Å². The Morgan fingerprint density at radius 3 is 2.28 bits per heavy atom. The van der Waals surface area contributed by atoms with E-state index in [1.807, 2.05) is 24.3 Å². The second-order valence-electron chi connectivity index (χ2n) is 9.09. The number of rotatable bonds is 10. The molecule has 0 fully saturated rings. The molecule has 0 saturated heterocycles. The monoisotopic (exact) mass is 530 g/mol. The van der Waals surface area contributed by atoms with Gasteiger partial charge in [0.15, 0.2) is 0 Å². The Labute approximate surface area is 218 Å². The van der Waals surface area contributed by atoms with Crippen LogP contribution in [0.5, 0.6) is 11.5 Å². The summed E-state index contributed by atoms with van der Waals surface area (Å²) in [7, 11) is -2.57. The van der Waals surface area contributed by atoms with E-state index in [9.17, 15) is 13.2 Å². The van der Waals surface area contributed by atoms with Crippen molar-refractivity contribution in [1.82, 2.24) is 5.32 Å². The molecule has 0 aromatic heterocycles. The van der Waals surface area contributed by atoms with E-state index < -0.39 is 22.5 Å². The van der Waals surface area contributed by atoms with Crippen LogP contribution in [0.3, 0.4) is 0 Å². The molecule has 192 valence electrons. The average Bonchev–Trinajstić information content (AvgIpc) is 2.85. The topological polar surface area (TPSA) is 84.9 Å². The van der Waals surface area contributed by atoms with Crippen molar-refractivity contribution in [3.8, 4) is 11.5 Å². The van der Waals surface area contributed by atoms with Gasteiger partial charge in [0.25, 0.3) is 10.0 Å². The molecule has 3 rings (SSSR count). The molecule has 0 bridgehead atoms. The van der Waals surface area contributed by atoms with E-state index in [-0.39, 0.29) is 34.2 Å². The summed E-state index contributed by atoms with van der Waals surface area (Å²) in [6, 6.07) is 20.3. The smallest absolute Gasteiger partial charge is 0.264 e. The van der Waals surface area contributed by atoms with Gasteiger partial charge in [-0.15, -0.1) is 0 Å². The second-order valence-corrected chi connectivity index (χ2v) is 11.4. The van der Waals surface area contributed by atoms with Gasteiger partial charge in [-0.3, -0.25) is 9.10 Å². The van der Waals surface area contributed by atoms with Crippen LogP contribution < -0.4 is 19.1 Å². The summed E-state index contributed by atoms with van der Waals surface area (Å²) < 4.78 is 39.0. The molecule has 0 saturated carbocycles. The number of anilines is 1. The third-order valence-corrected chi connectivity index (χ3v) is 7.50. The predicted octanol–water partition coefficient (Wildman–Crippen LogP) is 5.04. The quantitative estimate of drug-likeness (QED) is 0.371. The molecule has 36 heavy (non-hydrogen) atoms. The van der Waals surface area contributed by atoms with Crippen LogP contribution in [0.1, 0.15) is 26.3 Å². The molecule has 0 radical (unpaired) electrons. The van der Waals surface area contributed by atoms with Crippen LogP contribution >= 0.6 is 11.6 Å². The number of carbonyl (C=O) groups excluding carboxylic acids is 1. The molecule has 0 aliphatic heterocycles. The summed E-state index contributed by atoms with van der Waals surface area (Å²) in [5.74, 6) is 0.671. The molecule has 0 aliphatic carbocycles. The maximum Gasteiger partial charge on any atom is 0.264 e. The van der Waals surface area contributed by atoms with Gasteiger partial charge in [-0.25, -0.2) is 8.42 Å². The van der Waals surface area contributed by atoms with Gasteiger partial charge in [0.1, 0.15) is 24.7 Å². The van der Waals surface area contributed by atoms with Gasteiger partial charge in [-0.2, -0.15) is 0 Å². The molecule has 0 aliphatic rings. The minimum absolute atomic E-state index is 0.0619. The molecule has 3 aromatic rings. The fourth-order valence-electron chi connectivity index (χ4n) is 3.60. The Morgan fingerprint density at radius 2 is 1.64 bits per heavy atom. The first-order valence-corrected chi connectivity index (χ1v) is 13.3.